The molecule has 2 aliphatic rings. The summed E-state index contributed by atoms with van der Waals surface area (Å²) in [5.74, 6) is 0.501. The van der Waals surface area contributed by atoms with Crippen molar-refractivity contribution in [1.82, 2.24) is 9.55 Å². The molecule has 0 spiro atoms. The van der Waals surface area contributed by atoms with Crippen LogP contribution >= 0.6 is 7.82 Å². The molecule has 10 nitrogen and oxygen atoms in total. The van der Waals surface area contributed by atoms with E-state index >= 15 is 0 Å². The SMILES string of the molecule is Cc1cc(C)c2c(c1)COP(=O)(OCC1CCC(n3cc(C=O)c(=O)[nH]c3=O)O1)O2. The highest BCUT2D eigenvalue weighted by molar-refractivity contribution is 7.49. The zero-order chi connectivity index (χ0) is 21.5. The van der Waals surface area contributed by atoms with Gasteiger partial charge in [0.15, 0.2) is 6.29 Å². The number of rotatable bonds is 5. The number of H-pyrrole nitrogens is 1. The van der Waals surface area contributed by atoms with Gasteiger partial charge in [-0.25, -0.2) is 9.36 Å². The van der Waals surface area contributed by atoms with Crippen molar-refractivity contribution in [3.05, 3.63) is 61.4 Å². The van der Waals surface area contributed by atoms with Gasteiger partial charge in [-0.05, 0) is 32.3 Å². The number of aryl methyl sites for hydroxylation is 2. The van der Waals surface area contributed by atoms with Crippen molar-refractivity contribution < 1.29 is 27.7 Å². The second-order valence-electron chi connectivity index (χ2n) is 7.34. The summed E-state index contributed by atoms with van der Waals surface area (Å²) in [5.41, 5.74) is 1.11. The number of phosphoric acid groups is 1. The van der Waals surface area contributed by atoms with E-state index in [0.717, 1.165) is 21.3 Å². The minimum atomic E-state index is -3.80. The maximum atomic E-state index is 12.9. The fourth-order valence-electron chi connectivity index (χ4n) is 3.62. The highest BCUT2D eigenvalue weighted by Crippen LogP contribution is 2.55. The van der Waals surface area contributed by atoms with Crippen LogP contribution in [0.1, 0.15) is 46.1 Å². The first-order chi connectivity index (χ1) is 14.3. The van der Waals surface area contributed by atoms with Crippen LogP contribution in [-0.2, 0) is 25.0 Å². The Morgan fingerprint density at radius 2 is 2.10 bits per heavy atom. The summed E-state index contributed by atoms with van der Waals surface area (Å²) in [6.45, 7) is 3.87. The third kappa shape index (κ3) is 4.04. The number of aromatic nitrogens is 2. The van der Waals surface area contributed by atoms with Crippen molar-refractivity contribution >= 4 is 14.1 Å². The Kier molecular flexibility index (Phi) is 5.50. The molecule has 1 aromatic carbocycles. The highest BCUT2D eigenvalue weighted by atomic mass is 31.2. The topological polar surface area (TPSA) is 126 Å². The Morgan fingerprint density at radius 1 is 1.30 bits per heavy atom. The van der Waals surface area contributed by atoms with E-state index in [4.69, 9.17) is 18.3 Å². The number of benzene rings is 1. The maximum Gasteiger partial charge on any atom is 0.530 e. The van der Waals surface area contributed by atoms with Gasteiger partial charge in [-0.15, -0.1) is 0 Å². The van der Waals surface area contributed by atoms with E-state index in [9.17, 15) is 18.9 Å². The van der Waals surface area contributed by atoms with Crippen LogP contribution in [0.2, 0.25) is 0 Å². The molecule has 0 aliphatic carbocycles. The van der Waals surface area contributed by atoms with Gasteiger partial charge in [0.2, 0.25) is 0 Å². The van der Waals surface area contributed by atoms with Gasteiger partial charge in [0.1, 0.15) is 12.0 Å². The molecule has 3 heterocycles. The third-order valence-electron chi connectivity index (χ3n) is 5.01. The number of hydrogen-bond donors (Lipinski definition) is 1. The molecule has 1 N–H and O–H groups in total. The predicted molar refractivity (Wildman–Crippen MR) is 105 cm³/mol. The predicted octanol–water partition coefficient (Wildman–Crippen LogP) is 2.38. The largest absolute Gasteiger partial charge is 0.530 e. The Bertz CT molecular complexity index is 1150. The Hall–Kier alpha value is -2.52. The number of hydrogen-bond acceptors (Lipinski definition) is 8. The molecule has 0 amide bonds. The van der Waals surface area contributed by atoms with Gasteiger partial charge in [0, 0.05) is 11.8 Å². The number of ether oxygens (including phenoxy) is 1. The molecule has 0 radical (unpaired) electrons. The van der Waals surface area contributed by atoms with Crippen LogP contribution in [0, 0.1) is 13.8 Å². The van der Waals surface area contributed by atoms with Crippen molar-refractivity contribution in [3.8, 4) is 5.75 Å². The maximum absolute atomic E-state index is 12.9. The second kappa shape index (κ2) is 7.96. The van der Waals surface area contributed by atoms with E-state index in [1.165, 1.54) is 6.20 Å². The Labute approximate surface area is 171 Å². The van der Waals surface area contributed by atoms with E-state index in [1.807, 2.05) is 26.0 Å². The van der Waals surface area contributed by atoms with Gasteiger partial charge in [0.05, 0.1) is 24.9 Å². The number of nitrogens with zero attached hydrogens (tertiary/aromatic N) is 1. The van der Waals surface area contributed by atoms with Crippen molar-refractivity contribution in [2.24, 2.45) is 0 Å². The van der Waals surface area contributed by atoms with E-state index in [0.29, 0.717) is 24.9 Å². The molecular formula is C19H21N2O8P. The van der Waals surface area contributed by atoms with Gasteiger partial charge in [-0.1, -0.05) is 17.7 Å². The van der Waals surface area contributed by atoms with Crippen LogP contribution in [0.4, 0.5) is 0 Å². The number of nitrogens with one attached hydrogen (secondary N) is 1. The van der Waals surface area contributed by atoms with Crippen molar-refractivity contribution in [1.29, 1.82) is 0 Å². The van der Waals surface area contributed by atoms with Crippen molar-refractivity contribution in [2.75, 3.05) is 6.61 Å². The second-order valence-corrected chi connectivity index (χ2v) is 8.93. The first-order valence-corrected chi connectivity index (χ1v) is 10.9. The Balaban J connectivity index is 1.41. The zero-order valence-corrected chi connectivity index (χ0v) is 17.3. The van der Waals surface area contributed by atoms with Crippen LogP contribution in [-0.4, -0.2) is 28.5 Å². The quantitative estimate of drug-likeness (QED) is 0.559. The minimum Gasteiger partial charge on any atom is -0.403 e. The lowest BCUT2D eigenvalue weighted by Gasteiger charge is -2.27. The van der Waals surface area contributed by atoms with Crippen molar-refractivity contribution in [2.45, 2.75) is 45.6 Å². The minimum absolute atomic E-state index is 0.0628. The fourth-order valence-corrected chi connectivity index (χ4v) is 4.93. The standard InChI is InChI=1S/C19H21N2O8P/c1-11-5-12(2)17-13(6-11)9-26-30(25,29-17)27-10-15-3-4-16(28-15)21-7-14(8-22)18(23)20-19(21)24/h5-8,15-16H,3-4,9-10H2,1-2H3,(H,20,23,24). The molecule has 2 aliphatic heterocycles. The molecule has 1 aromatic heterocycles. The van der Waals surface area contributed by atoms with Gasteiger partial charge in [-0.2, -0.15) is 0 Å². The summed E-state index contributed by atoms with van der Waals surface area (Å²) < 4.78 is 36.2. The lowest BCUT2D eigenvalue weighted by atomic mass is 10.1. The van der Waals surface area contributed by atoms with Gasteiger partial charge in [0.25, 0.3) is 5.56 Å². The summed E-state index contributed by atoms with van der Waals surface area (Å²) in [6.07, 6.45) is 1.36. The van der Waals surface area contributed by atoms with Gasteiger partial charge in [-0.3, -0.25) is 28.2 Å². The summed E-state index contributed by atoms with van der Waals surface area (Å²) >= 11 is 0. The van der Waals surface area contributed by atoms with Crippen LogP contribution in [0.5, 0.6) is 5.75 Å². The zero-order valence-electron chi connectivity index (χ0n) is 16.5. The first-order valence-electron chi connectivity index (χ1n) is 9.43. The average Bonchev–Trinajstić information content (AvgIpc) is 3.16. The molecule has 11 heteroatoms. The average molecular weight is 436 g/mol. The monoisotopic (exact) mass is 436 g/mol. The molecule has 30 heavy (non-hydrogen) atoms. The molecule has 160 valence electrons. The van der Waals surface area contributed by atoms with E-state index in [-0.39, 0.29) is 18.8 Å². The van der Waals surface area contributed by atoms with Crippen LogP contribution < -0.4 is 15.8 Å². The molecule has 2 aromatic rings. The number of phosphoric ester groups is 1. The number of carbonyl (C=O) groups is 1. The molecule has 0 saturated carbocycles. The smallest absolute Gasteiger partial charge is 0.403 e. The fraction of sp³-hybridized carbons (Fsp3) is 0.421. The first kappa shape index (κ1) is 20.7. The van der Waals surface area contributed by atoms with E-state index in [2.05, 4.69) is 4.98 Å². The van der Waals surface area contributed by atoms with Crippen LogP contribution in [0.15, 0.2) is 27.9 Å². The normalized spacial score (nSPS) is 25.5. The third-order valence-corrected chi connectivity index (χ3v) is 6.33. The molecule has 3 unspecified atom stereocenters. The van der Waals surface area contributed by atoms with Crippen LogP contribution in [0.25, 0.3) is 0 Å². The van der Waals surface area contributed by atoms with E-state index < -0.39 is 31.4 Å². The molecule has 3 atom stereocenters. The van der Waals surface area contributed by atoms with E-state index in [1.54, 1.807) is 0 Å². The van der Waals surface area contributed by atoms with Crippen LogP contribution in [0.3, 0.4) is 0 Å². The molecule has 4 rings (SSSR count). The lowest BCUT2D eigenvalue weighted by Crippen LogP contribution is -2.34. The number of carbonyl (C=O) groups excluding carboxylic acids is 1. The Morgan fingerprint density at radius 3 is 2.87 bits per heavy atom. The lowest BCUT2D eigenvalue weighted by molar-refractivity contribution is -0.0265. The summed E-state index contributed by atoms with van der Waals surface area (Å²) in [5, 5.41) is 0. The summed E-state index contributed by atoms with van der Waals surface area (Å²) in [4.78, 5) is 36.6. The molecule has 1 saturated heterocycles. The van der Waals surface area contributed by atoms with Gasteiger partial charge < -0.3 is 9.26 Å². The molecule has 1 fully saturated rings. The summed E-state index contributed by atoms with van der Waals surface area (Å²) in [6, 6.07) is 3.83. The molecular weight excluding hydrogens is 415 g/mol. The van der Waals surface area contributed by atoms with Crippen molar-refractivity contribution in [3.63, 3.8) is 0 Å². The number of aromatic amines is 1. The molecule has 0 bridgehead atoms. The number of aldehydes is 1. The number of fused-ring (bicyclic) bond motifs is 1. The highest BCUT2D eigenvalue weighted by Gasteiger charge is 2.37. The summed E-state index contributed by atoms with van der Waals surface area (Å²) in [7, 11) is -3.80. The van der Waals surface area contributed by atoms with Gasteiger partial charge >= 0.3 is 13.5 Å².